The molecule has 6 rings (SSSR count). The molecule has 10 heteroatoms. The number of benzene rings is 2. The molecule has 182 valence electrons. The average Bonchev–Trinajstić information content (AvgIpc) is 3.42. The summed E-state index contributed by atoms with van der Waals surface area (Å²) >= 11 is 0. The molecular formula is C25H25FN4O5. The number of amides is 3. The summed E-state index contributed by atoms with van der Waals surface area (Å²) in [6.45, 7) is 1.91. The van der Waals surface area contributed by atoms with E-state index in [0.29, 0.717) is 68.1 Å². The summed E-state index contributed by atoms with van der Waals surface area (Å²) in [5, 5.41) is 6.06. The van der Waals surface area contributed by atoms with Crippen molar-refractivity contribution < 1.29 is 28.2 Å². The van der Waals surface area contributed by atoms with E-state index in [1.54, 1.807) is 29.2 Å². The number of hydrogen-bond acceptors (Lipinski definition) is 6. The number of rotatable bonds is 6. The first-order chi connectivity index (χ1) is 17.0. The summed E-state index contributed by atoms with van der Waals surface area (Å²) in [6, 6.07) is 8.48. The second kappa shape index (κ2) is 8.53. The van der Waals surface area contributed by atoms with Crippen LogP contribution in [0.15, 0.2) is 30.3 Å². The molecule has 4 aliphatic heterocycles. The van der Waals surface area contributed by atoms with Crippen molar-refractivity contribution in [2.24, 2.45) is 0 Å². The van der Waals surface area contributed by atoms with Gasteiger partial charge in [-0.1, -0.05) is 6.07 Å². The van der Waals surface area contributed by atoms with Crippen LogP contribution in [0.3, 0.4) is 0 Å². The number of hydrogen-bond donors (Lipinski definition) is 2. The molecule has 2 aromatic rings. The number of carbonyl (C=O) groups is 3. The van der Waals surface area contributed by atoms with Gasteiger partial charge in [-0.15, -0.1) is 0 Å². The highest BCUT2D eigenvalue weighted by atomic mass is 19.1. The topological polar surface area (TPSA) is 100 Å². The normalized spacial score (nSPS) is 22.5. The Balaban J connectivity index is 1.05. The van der Waals surface area contributed by atoms with Crippen LogP contribution >= 0.6 is 0 Å². The minimum Gasteiger partial charge on any atom is -0.482 e. The van der Waals surface area contributed by atoms with Gasteiger partial charge in [-0.2, -0.15) is 0 Å². The highest BCUT2D eigenvalue weighted by Gasteiger charge is 2.38. The Bertz CT molecular complexity index is 1230. The fourth-order valence-electron chi connectivity index (χ4n) is 5.40. The van der Waals surface area contributed by atoms with E-state index in [2.05, 4.69) is 10.6 Å². The zero-order valence-corrected chi connectivity index (χ0v) is 19.0. The number of cyclic esters (lactones) is 1. The van der Waals surface area contributed by atoms with Gasteiger partial charge in [0.1, 0.15) is 17.7 Å². The molecule has 4 aliphatic rings. The molecule has 0 aromatic heterocycles. The van der Waals surface area contributed by atoms with Gasteiger partial charge in [0.05, 0.1) is 17.9 Å². The van der Waals surface area contributed by atoms with Crippen molar-refractivity contribution in [1.29, 1.82) is 0 Å². The largest absolute Gasteiger partial charge is 0.482 e. The van der Waals surface area contributed by atoms with Crippen LogP contribution < -0.4 is 25.2 Å². The van der Waals surface area contributed by atoms with Crippen molar-refractivity contribution in [3.05, 3.63) is 47.3 Å². The summed E-state index contributed by atoms with van der Waals surface area (Å²) in [4.78, 5) is 39.7. The number of halogens is 1. The molecule has 1 saturated heterocycles. The van der Waals surface area contributed by atoms with Crippen LogP contribution in [0.2, 0.25) is 0 Å². The average molecular weight is 480 g/mol. The molecule has 2 N–H and O–H groups in total. The maximum absolute atomic E-state index is 14.7. The SMILES string of the molecule is O=C1COc2ccc(N3C[C@@H](CNCC[C@@H]4CN5C(=O)CCc6ccc(F)c4c65)OC3=O)cc2N1. The first-order valence-corrected chi connectivity index (χ1v) is 11.8. The van der Waals surface area contributed by atoms with E-state index < -0.39 is 6.09 Å². The van der Waals surface area contributed by atoms with Crippen LogP contribution in [-0.2, 0) is 20.7 Å². The second-order valence-corrected chi connectivity index (χ2v) is 9.30. The highest BCUT2D eigenvalue weighted by molar-refractivity contribution is 5.99. The van der Waals surface area contributed by atoms with Crippen molar-refractivity contribution in [2.45, 2.75) is 31.3 Å². The number of nitrogens with one attached hydrogen (secondary N) is 2. The molecule has 35 heavy (non-hydrogen) atoms. The molecule has 3 amide bonds. The van der Waals surface area contributed by atoms with E-state index in [4.69, 9.17) is 9.47 Å². The predicted molar refractivity (Wildman–Crippen MR) is 125 cm³/mol. The smallest absolute Gasteiger partial charge is 0.414 e. The van der Waals surface area contributed by atoms with Crippen molar-refractivity contribution >= 4 is 35.0 Å². The van der Waals surface area contributed by atoms with Gasteiger partial charge < -0.3 is 25.0 Å². The number of fused-ring (bicyclic) bond motifs is 1. The van der Waals surface area contributed by atoms with Crippen molar-refractivity contribution in [1.82, 2.24) is 5.32 Å². The third-order valence-electron chi connectivity index (χ3n) is 7.06. The zero-order valence-electron chi connectivity index (χ0n) is 19.0. The number of ether oxygens (including phenoxy) is 2. The minimum absolute atomic E-state index is 0.0274. The van der Waals surface area contributed by atoms with Gasteiger partial charge in [-0.05, 0) is 49.2 Å². The number of aryl methyl sites for hydroxylation is 1. The molecule has 0 bridgehead atoms. The van der Waals surface area contributed by atoms with E-state index >= 15 is 0 Å². The zero-order chi connectivity index (χ0) is 24.1. The molecule has 2 aromatic carbocycles. The summed E-state index contributed by atoms with van der Waals surface area (Å²) in [6.07, 6.45) is 1.01. The fourth-order valence-corrected chi connectivity index (χ4v) is 5.40. The number of nitrogens with zero attached hydrogens (tertiary/aromatic N) is 2. The quantitative estimate of drug-likeness (QED) is 0.617. The van der Waals surface area contributed by atoms with E-state index in [0.717, 1.165) is 11.3 Å². The van der Waals surface area contributed by atoms with E-state index in [1.165, 1.54) is 11.0 Å². The maximum Gasteiger partial charge on any atom is 0.414 e. The fraction of sp³-hybridized carbons (Fsp3) is 0.400. The molecule has 0 saturated carbocycles. The van der Waals surface area contributed by atoms with Crippen molar-refractivity contribution in [3.63, 3.8) is 0 Å². The van der Waals surface area contributed by atoms with Gasteiger partial charge in [0.15, 0.2) is 6.61 Å². The molecule has 0 radical (unpaired) electrons. The van der Waals surface area contributed by atoms with Gasteiger partial charge >= 0.3 is 6.09 Å². The molecule has 0 spiro atoms. The molecule has 0 aliphatic carbocycles. The maximum atomic E-state index is 14.7. The van der Waals surface area contributed by atoms with Gasteiger partial charge in [0.25, 0.3) is 5.91 Å². The Morgan fingerprint density at radius 3 is 2.86 bits per heavy atom. The Morgan fingerprint density at radius 1 is 1.09 bits per heavy atom. The predicted octanol–water partition coefficient (Wildman–Crippen LogP) is 2.54. The van der Waals surface area contributed by atoms with Crippen LogP contribution in [-0.4, -0.2) is 56.8 Å². The summed E-state index contributed by atoms with van der Waals surface area (Å²) in [7, 11) is 0. The number of anilines is 3. The van der Waals surface area contributed by atoms with E-state index in [-0.39, 0.29) is 36.3 Å². The lowest BCUT2D eigenvalue weighted by atomic mass is 9.93. The Morgan fingerprint density at radius 2 is 1.97 bits per heavy atom. The highest BCUT2D eigenvalue weighted by Crippen LogP contribution is 2.44. The first-order valence-electron chi connectivity index (χ1n) is 11.8. The minimum atomic E-state index is -0.452. The Labute approximate surface area is 201 Å². The lowest BCUT2D eigenvalue weighted by molar-refractivity contribution is -0.119. The second-order valence-electron chi connectivity index (χ2n) is 9.30. The Hall–Kier alpha value is -3.66. The van der Waals surface area contributed by atoms with Crippen LogP contribution in [0.5, 0.6) is 5.75 Å². The van der Waals surface area contributed by atoms with E-state index in [9.17, 15) is 18.8 Å². The van der Waals surface area contributed by atoms with Gasteiger partial charge in [0, 0.05) is 36.7 Å². The summed E-state index contributed by atoms with van der Waals surface area (Å²) < 4.78 is 25.5. The molecule has 1 fully saturated rings. The number of carbonyl (C=O) groups excluding carboxylic acids is 3. The Kier molecular flexibility index (Phi) is 5.32. The van der Waals surface area contributed by atoms with Crippen LogP contribution in [0.25, 0.3) is 0 Å². The lowest BCUT2D eigenvalue weighted by Crippen LogP contribution is -2.34. The third-order valence-corrected chi connectivity index (χ3v) is 7.06. The molecule has 2 atom stereocenters. The van der Waals surface area contributed by atoms with E-state index in [1.807, 2.05) is 0 Å². The summed E-state index contributed by atoms with van der Waals surface area (Å²) in [5.41, 5.74) is 3.61. The van der Waals surface area contributed by atoms with Crippen molar-refractivity contribution in [2.75, 3.05) is 47.9 Å². The molecule has 9 nitrogen and oxygen atoms in total. The van der Waals surface area contributed by atoms with Crippen LogP contribution in [0.4, 0.5) is 26.2 Å². The van der Waals surface area contributed by atoms with Crippen LogP contribution in [0.1, 0.15) is 29.9 Å². The first kappa shape index (κ1) is 21.8. The standard InChI is InChI=1S/C25H25FN4O5/c26-18-4-1-14-2-6-22(32)30-11-15(23(18)24(14)30)7-8-27-10-17-12-29(25(33)35-17)16-3-5-20-19(9-16)28-21(31)13-34-20/h1,3-5,9,15,17,27H,2,6-8,10-13H2,(H,28,31)/t15-,17-/m1/s1. The molecular weight excluding hydrogens is 455 g/mol. The van der Waals surface area contributed by atoms with Gasteiger partial charge in [-0.3, -0.25) is 14.5 Å². The summed E-state index contributed by atoms with van der Waals surface area (Å²) in [5.74, 6) is 0.0710. The van der Waals surface area contributed by atoms with Crippen molar-refractivity contribution in [3.8, 4) is 5.75 Å². The molecule has 4 heterocycles. The lowest BCUT2D eigenvalue weighted by Gasteiger charge is -2.25. The third kappa shape index (κ3) is 3.87. The van der Waals surface area contributed by atoms with Gasteiger partial charge in [-0.25, -0.2) is 9.18 Å². The monoisotopic (exact) mass is 480 g/mol. The van der Waals surface area contributed by atoms with Gasteiger partial charge in [0.2, 0.25) is 5.91 Å². The molecule has 0 unspecified atom stereocenters. The van der Waals surface area contributed by atoms with Crippen LogP contribution in [0, 0.1) is 5.82 Å².